The molecule has 0 radical (unpaired) electrons. The Morgan fingerprint density at radius 3 is 2.38 bits per heavy atom. The van der Waals surface area contributed by atoms with E-state index in [1.54, 1.807) is 0 Å². The number of hydrogen-bond donors (Lipinski definition) is 1. The van der Waals surface area contributed by atoms with Crippen molar-refractivity contribution in [1.29, 1.82) is 0 Å². The maximum Gasteiger partial charge on any atom is 0.275 e. The van der Waals surface area contributed by atoms with Gasteiger partial charge in [-0.3, -0.25) is 9.63 Å². The average Bonchev–Trinajstić information content (AvgIpc) is 2.15. The summed E-state index contributed by atoms with van der Waals surface area (Å²) in [5.41, 5.74) is 2.00. The Labute approximate surface area is 92.4 Å². The van der Waals surface area contributed by atoms with Crippen LogP contribution in [-0.4, -0.2) is 12.5 Å². The summed E-state index contributed by atoms with van der Waals surface area (Å²) in [6.07, 6.45) is 0. The van der Waals surface area contributed by atoms with E-state index in [0.717, 1.165) is 12.1 Å². The molecule has 0 fully saturated rings. The van der Waals surface area contributed by atoms with E-state index in [0.29, 0.717) is 12.7 Å². The maximum absolute atomic E-state index is 12.8. The number of hydrogen-bond acceptors (Lipinski definition) is 2. The molecule has 0 aliphatic heterocycles. The van der Waals surface area contributed by atoms with Crippen molar-refractivity contribution in [2.75, 3.05) is 6.61 Å². The van der Waals surface area contributed by atoms with Gasteiger partial charge in [0.05, 0.1) is 6.61 Å². The van der Waals surface area contributed by atoms with Crippen molar-refractivity contribution < 1.29 is 18.4 Å². The van der Waals surface area contributed by atoms with Gasteiger partial charge in [0, 0.05) is 11.6 Å². The first-order valence-corrected chi connectivity index (χ1v) is 4.87. The summed E-state index contributed by atoms with van der Waals surface area (Å²) in [5, 5.41) is 0. The molecule has 88 valence electrons. The molecule has 1 amide bonds. The number of nitrogens with one attached hydrogen (secondary N) is 1. The maximum atomic E-state index is 12.8. The number of halogens is 2. The Morgan fingerprint density at radius 2 is 1.88 bits per heavy atom. The molecule has 5 heteroatoms. The zero-order chi connectivity index (χ0) is 12.1. The van der Waals surface area contributed by atoms with E-state index >= 15 is 0 Å². The third-order valence-corrected chi connectivity index (χ3v) is 1.71. The summed E-state index contributed by atoms with van der Waals surface area (Å²) in [5.74, 6) is -2.01. The Bertz CT molecular complexity index is 360. The van der Waals surface area contributed by atoms with Gasteiger partial charge in [-0.05, 0) is 18.1 Å². The monoisotopic (exact) mass is 229 g/mol. The smallest absolute Gasteiger partial charge is 0.273 e. The van der Waals surface area contributed by atoms with Gasteiger partial charge in [-0.25, -0.2) is 14.3 Å². The van der Waals surface area contributed by atoms with Crippen LogP contribution in [0.25, 0.3) is 0 Å². The topological polar surface area (TPSA) is 38.3 Å². The lowest BCUT2D eigenvalue weighted by atomic mass is 10.2. The van der Waals surface area contributed by atoms with Gasteiger partial charge in [0.1, 0.15) is 11.6 Å². The Hall–Kier alpha value is -1.49. The Morgan fingerprint density at radius 1 is 1.31 bits per heavy atom. The van der Waals surface area contributed by atoms with Crippen LogP contribution in [0.1, 0.15) is 24.2 Å². The molecule has 0 saturated carbocycles. The first-order valence-electron chi connectivity index (χ1n) is 4.87. The quantitative estimate of drug-likeness (QED) is 0.804. The normalized spacial score (nSPS) is 10.6. The molecule has 1 rings (SSSR count). The highest BCUT2D eigenvalue weighted by molar-refractivity contribution is 5.93. The molecule has 0 aliphatic carbocycles. The van der Waals surface area contributed by atoms with Gasteiger partial charge < -0.3 is 0 Å². The fraction of sp³-hybridized carbons (Fsp3) is 0.364. The van der Waals surface area contributed by atoms with E-state index in [2.05, 4.69) is 5.48 Å². The highest BCUT2D eigenvalue weighted by Gasteiger charge is 2.09. The molecule has 0 atom stereocenters. The van der Waals surface area contributed by atoms with Crippen LogP contribution in [0.5, 0.6) is 0 Å². The second kappa shape index (κ2) is 5.55. The van der Waals surface area contributed by atoms with E-state index in [1.807, 2.05) is 13.8 Å². The van der Waals surface area contributed by atoms with Gasteiger partial charge >= 0.3 is 0 Å². The van der Waals surface area contributed by atoms with E-state index in [-0.39, 0.29) is 11.5 Å². The molecule has 0 bridgehead atoms. The lowest BCUT2D eigenvalue weighted by molar-refractivity contribution is 0.0208. The number of carbonyl (C=O) groups is 1. The second-order valence-corrected chi connectivity index (χ2v) is 3.79. The van der Waals surface area contributed by atoms with Gasteiger partial charge in [0.15, 0.2) is 0 Å². The van der Waals surface area contributed by atoms with Gasteiger partial charge in [-0.1, -0.05) is 13.8 Å². The van der Waals surface area contributed by atoms with Crippen molar-refractivity contribution in [1.82, 2.24) is 5.48 Å². The van der Waals surface area contributed by atoms with Crippen LogP contribution in [0, 0.1) is 17.6 Å². The molecule has 0 spiro atoms. The number of rotatable bonds is 4. The first kappa shape index (κ1) is 12.6. The number of hydroxylamine groups is 1. The number of carbonyl (C=O) groups excluding carboxylic acids is 1. The van der Waals surface area contributed by atoms with E-state index in [9.17, 15) is 13.6 Å². The zero-order valence-corrected chi connectivity index (χ0v) is 9.09. The summed E-state index contributed by atoms with van der Waals surface area (Å²) < 4.78 is 25.6. The molecule has 0 unspecified atom stereocenters. The lowest BCUT2D eigenvalue weighted by Crippen LogP contribution is -2.25. The van der Waals surface area contributed by atoms with Gasteiger partial charge in [-0.15, -0.1) is 0 Å². The summed E-state index contributed by atoms with van der Waals surface area (Å²) in [7, 11) is 0. The van der Waals surface area contributed by atoms with E-state index in [4.69, 9.17) is 4.84 Å². The molecular weight excluding hydrogens is 216 g/mol. The van der Waals surface area contributed by atoms with Gasteiger partial charge in [-0.2, -0.15) is 0 Å². The molecule has 0 aromatic heterocycles. The van der Waals surface area contributed by atoms with Crippen LogP contribution in [0.2, 0.25) is 0 Å². The summed E-state index contributed by atoms with van der Waals surface area (Å²) in [4.78, 5) is 16.2. The standard InChI is InChI=1S/C11H13F2NO2/c1-7(2)6-16-14-11(15)8-3-9(12)5-10(13)4-8/h3-5,7H,6H2,1-2H3,(H,14,15). The SMILES string of the molecule is CC(C)CONC(=O)c1cc(F)cc(F)c1. The zero-order valence-electron chi connectivity index (χ0n) is 9.09. The molecule has 0 aliphatic rings. The second-order valence-electron chi connectivity index (χ2n) is 3.79. The van der Waals surface area contributed by atoms with Crippen LogP contribution in [0.3, 0.4) is 0 Å². The molecule has 0 saturated heterocycles. The van der Waals surface area contributed by atoms with Crippen molar-refractivity contribution in [2.24, 2.45) is 5.92 Å². The van der Waals surface area contributed by atoms with Crippen LogP contribution >= 0.6 is 0 Å². The summed E-state index contributed by atoms with van der Waals surface area (Å²) >= 11 is 0. The molecule has 1 aromatic carbocycles. The summed E-state index contributed by atoms with van der Waals surface area (Å²) in [6.45, 7) is 4.16. The van der Waals surface area contributed by atoms with E-state index in [1.165, 1.54) is 0 Å². The third kappa shape index (κ3) is 3.94. The van der Waals surface area contributed by atoms with Crippen molar-refractivity contribution >= 4 is 5.91 Å². The van der Waals surface area contributed by atoms with Crippen molar-refractivity contribution in [3.63, 3.8) is 0 Å². The predicted molar refractivity (Wildman–Crippen MR) is 54.6 cm³/mol. The predicted octanol–water partition coefficient (Wildman–Crippen LogP) is 2.28. The highest BCUT2D eigenvalue weighted by atomic mass is 19.1. The minimum atomic E-state index is -0.797. The van der Waals surface area contributed by atoms with Gasteiger partial charge in [0.2, 0.25) is 0 Å². The first-order chi connectivity index (χ1) is 7.49. The summed E-state index contributed by atoms with van der Waals surface area (Å²) in [6, 6.07) is 2.58. The van der Waals surface area contributed by atoms with Crippen molar-refractivity contribution in [3.8, 4) is 0 Å². The van der Waals surface area contributed by atoms with Crippen molar-refractivity contribution in [2.45, 2.75) is 13.8 Å². The number of benzene rings is 1. The largest absolute Gasteiger partial charge is 0.275 e. The van der Waals surface area contributed by atoms with Crippen LogP contribution < -0.4 is 5.48 Å². The van der Waals surface area contributed by atoms with Crippen LogP contribution in [-0.2, 0) is 4.84 Å². The molecular formula is C11H13F2NO2. The van der Waals surface area contributed by atoms with Crippen molar-refractivity contribution in [3.05, 3.63) is 35.4 Å². The minimum Gasteiger partial charge on any atom is -0.273 e. The highest BCUT2D eigenvalue weighted by Crippen LogP contribution is 2.07. The number of amides is 1. The third-order valence-electron chi connectivity index (χ3n) is 1.71. The molecule has 1 N–H and O–H groups in total. The lowest BCUT2D eigenvalue weighted by Gasteiger charge is -2.07. The fourth-order valence-corrected chi connectivity index (χ4v) is 1.02. The van der Waals surface area contributed by atoms with E-state index < -0.39 is 17.5 Å². The molecule has 1 aromatic rings. The molecule has 16 heavy (non-hydrogen) atoms. The Balaban J connectivity index is 2.59. The minimum absolute atomic E-state index is 0.110. The average molecular weight is 229 g/mol. The Kier molecular flexibility index (Phi) is 4.37. The van der Waals surface area contributed by atoms with Crippen LogP contribution in [0.15, 0.2) is 18.2 Å². The molecule has 3 nitrogen and oxygen atoms in total. The van der Waals surface area contributed by atoms with Gasteiger partial charge in [0.25, 0.3) is 5.91 Å². The van der Waals surface area contributed by atoms with Crippen LogP contribution in [0.4, 0.5) is 8.78 Å². The molecule has 0 heterocycles. The fourth-order valence-electron chi connectivity index (χ4n) is 1.02.